The smallest absolute Gasteiger partial charge is 0.248 e. The number of hydrogen-bond acceptors (Lipinski definition) is 7. The predicted molar refractivity (Wildman–Crippen MR) is 142 cm³/mol. The number of benzene rings is 2. The summed E-state index contributed by atoms with van der Waals surface area (Å²) >= 11 is 4.50. The van der Waals surface area contributed by atoms with Crippen molar-refractivity contribution < 1.29 is 14.4 Å². The van der Waals surface area contributed by atoms with Crippen molar-refractivity contribution in [2.24, 2.45) is 4.99 Å². The van der Waals surface area contributed by atoms with Gasteiger partial charge in [0.05, 0.1) is 24.3 Å². The number of amides is 3. The minimum Gasteiger partial charge on any atom is -0.368 e. The van der Waals surface area contributed by atoms with Gasteiger partial charge in [-0.2, -0.15) is 0 Å². The molecular weight excluding hydrogens is 476 g/mol. The number of anilines is 2. The third-order valence-corrected chi connectivity index (χ3v) is 7.27. The number of thiol groups is 1. The molecule has 2 aromatic rings. The summed E-state index contributed by atoms with van der Waals surface area (Å²) in [5, 5.41) is 9.01. The van der Waals surface area contributed by atoms with Crippen LogP contribution >= 0.6 is 12.8 Å². The van der Waals surface area contributed by atoms with Gasteiger partial charge in [0.25, 0.3) is 0 Å². The van der Waals surface area contributed by atoms with Crippen molar-refractivity contribution in [3.63, 3.8) is 0 Å². The molecular formula is C26H30N6O3S. The molecule has 9 nitrogen and oxygen atoms in total. The number of fused-ring (bicyclic) bond motifs is 1. The zero-order chi connectivity index (χ0) is 25.1. The summed E-state index contributed by atoms with van der Waals surface area (Å²) in [5.74, 6) is 0.115. The lowest BCUT2D eigenvalue weighted by molar-refractivity contribution is -0.135. The van der Waals surface area contributed by atoms with E-state index in [0.29, 0.717) is 25.2 Å². The van der Waals surface area contributed by atoms with Crippen molar-refractivity contribution in [3.05, 3.63) is 59.7 Å². The number of para-hydroxylation sites is 2. The van der Waals surface area contributed by atoms with Crippen LogP contribution in [0, 0.1) is 0 Å². The maximum atomic E-state index is 13.3. The number of aliphatic imine (C=N–C) groups is 1. The van der Waals surface area contributed by atoms with Gasteiger partial charge in [0, 0.05) is 31.6 Å². The average molecular weight is 507 g/mol. The molecule has 36 heavy (non-hydrogen) atoms. The van der Waals surface area contributed by atoms with Gasteiger partial charge in [0.1, 0.15) is 17.9 Å². The number of carbonyl (C=O) groups is 3. The predicted octanol–water partition coefficient (Wildman–Crippen LogP) is 1.75. The molecule has 0 spiro atoms. The molecule has 5 rings (SSSR count). The number of carbonyl (C=O) groups excluding carboxylic acids is 3. The van der Waals surface area contributed by atoms with E-state index in [1.165, 1.54) is 4.31 Å². The number of nitrogens with one attached hydrogen (secondary N) is 3. The SMILES string of the molecule is O=C(CC1C(=O)Nc2ccccc2N1S)NC(Cc1ccc(C2=NCCN2)cc1)C(=O)N1CCCC1. The zero-order valence-corrected chi connectivity index (χ0v) is 20.8. The molecule has 188 valence electrons. The van der Waals surface area contributed by atoms with Crippen molar-refractivity contribution in [2.45, 2.75) is 37.8 Å². The standard InChI is InChI=1S/C26H30N6O3S/c33-23(16-22-25(34)30-19-5-1-2-6-21(19)32(22)36)29-20(26(35)31-13-3-4-14-31)15-17-7-9-18(10-8-17)24-27-11-12-28-24/h1-2,5-10,20,22,36H,3-4,11-16H2,(H,27,28)(H,29,33)(H,30,34). The molecule has 0 bridgehead atoms. The Morgan fingerprint density at radius 1 is 1.11 bits per heavy atom. The van der Waals surface area contributed by atoms with E-state index in [2.05, 4.69) is 33.8 Å². The minimum atomic E-state index is -0.787. The monoisotopic (exact) mass is 506 g/mol. The summed E-state index contributed by atoms with van der Waals surface area (Å²) in [5.41, 5.74) is 3.32. The lowest BCUT2D eigenvalue weighted by Gasteiger charge is -2.33. The first-order valence-electron chi connectivity index (χ1n) is 12.3. The van der Waals surface area contributed by atoms with E-state index in [4.69, 9.17) is 0 Å². The fourth-order valence-electron chi connectivity index (χ4n) is 4.87. The van der Waals surface area contributed by atoms with Gasteiger partial charge in [-0.3, -0.25) is 19.4 Å². The highest BCUT2D eigenvalue weighted by Crippen LogP contribution is 2.33. The van der Waals surface area contributed by atoms with E-state index >= 15 is 0 Å². The molecule has 2 atom stereocenters. The molecule has 0 saturated carbocycles. The Bertz CT molecular complexity index is 1180. The van der Waals surface area contributed by atoms with Crippen molar-refractivity contribution in [2.75, 3.05) is 35.8 Å². The van der Waals surface area contributed by atoms with Crippen molar-refractivity contribution in [1.82, 2.24) is 15.5 Å². The van der Waals surface area contributed by atoms with Crippen molar-refractivity contribution in [1.29, 1.82) is 0 Å². The Balaban J connectivity index is 1.29. The summed E-state index contributed by atoms with van der Waals surface area (Å²) < 4.78 is 1.52. The number of nitrogens with zero attached hydrogens (tertiary/aromatic N) is 3. The fourth-order valence-corrected chi connectivity index (χ4v) is 5.23. The van der Waals surface area contributed by atoms with Crippen LogP contribution in [0.3, 0.4) is 0 Å². The summed E-state index contributed by atoms with van der Waals surface area (Å²) in [4.78, 5) is 45.4. The van der Waals surface area contributed by atoms with Crippen LogP contribution in [0.4, 0.5) is 11.4 Å². The third kappa shape index (κ3) is 5.18. The Morgan fingerprint density at radius 3 is 2.58 bits per heavy atom. The van der Waals surface area contributed by atoms with Crippen molar-refractivity contribution in [3.8, 4) is 0 Å². The molecule has 3 amide bonds. The topological polar surface area (TPSA) is 106 Å². The van der Waals surface area contributed by atoms with Crippen LogP contribution < -0.4 is 20.3 Å². The highest BCUT2D eigenvalue weighted by molar-refractivity contribution is 7.81. The molecule has 2 aromatic carbocycles. The fraction of sp³-hybridized carbons (Fsp3) is 0.385. The van der Waals surface area contributed by atoms with Crippen LogP contribution in [0.1, 0.15) is 30.4 Å². The average Bonchev–Trinajstić information content (AvgIpc) is 3.61. The van der Waals surface area contributed by atoms with Gasteiger partial charge < -0.3 is 25.2 Å². The van der Waals surface area contributed by atoms with Gasteiger partial charge in [-0.15, -0.1) is 0 Å². The molecule has 3 N–H and O–H groups in total. The Kier molecular flexibility index (Phi) is 7.13. The normalized spacial score (nSPS) is 19.8. The van der Waals surface area contributed by atoms with Crippen LogP contribution in [0.5, 0.6) is 0 Å². The Labute approximate surface area is 215 Å². The molecule has 1 fully saturated rings. The quantitative estimate of drug-likeness (QED) is 0.428. The van der Waals surface area contributed by atoms with Crippen LogP contribution in [0.2, 0.25) is 0 Å². The molecule has 3 aliphatic heterocycles. The van der Waals surface area contributed by atoms with E-state index in [9.17, 15) is 14.4 Å². The zero-order valence-electron chi connectivity index (χ0n) is 19.9. The first kappa shape index (κ1) is 24.2. The maximum absolute atomic E-state index is 13.3. The van der Waals surface area contributed by atoms with E-state index in [1.807, 2.05) is 47.4 Å². The number of hydrogen-bond donors (Lipinski definition) is 4. The van der Waals surface area contributed by atoms with Crippen LogP contribution in [0.25, 0.3) is 0 Å². The molecule has 0 aliphatic carbocycles. The molecule has 10 heteroatoms. The summed E-state index contributed by atoms with van der Waals surface area (Å²) in [6, 6.07) is 13.7. The number of rotatable bonds is 7. The highest BCUT2D eigenvalue weighted by atomic mass is 32.1. The van der Waals surface area contributed by atoms with Gasteiger partial charge in [-0.25, -0.2) is 0 Å². The summed E-state index contributed by atoms with van der Waals surface area (Å²) in [7, 11) is 0. The van der Waals surface area contributed by atoms with Gasteiger partial charge >= 0.3 is 0 Å². The van der Waals surface area contributed by atoms with E-state index < -0.39 is 12.1 Å². The molecule has 3 aliphatic rings. The van der Waals surface area contributed by atoms with E-state index in [1.54, 1.807) is 6.07 Å². The van der Waals surface area contributed by atoms with Crippen LogP contribution in [-0.4, -0.2) is 66.7 Å². The van der Waals surface area contributed by atoms with Crippen molar-refractivity contribution >= 4 is 47.7 Å². The minimum absolute atomic E-state index is 0.0899. The second-order valence-corrected chi connectivity index (χ2v) is 9.71. The number of amidine groups is 1. The number of likely N-dealkylation sites (tertiary alicyclic amines) is 1. The lowest BCUT2D eigenvalue weighted by atomic mass is 10.0. The third-order valence-electron chi connectivity index (χ3n) is 6.78. The lowest BCUT2D eigenvalue weighted by Crippen LogP contribution is -2.51. The van der Waals surface area contributed by atoms with Gasteiger partial charge in [-0.1, -0.05) is 49.2 Å². The summed E-state index contributed by atoms with van der Waals surface area (Å²) in [6.45, 7) is 3.00. The first-order valence-corrected chi connectivity index (χ1v) is 12.7. The Hall–Kier alpha value is -3.53. The van der Waals surface area contributed by atoms with E-state index in [0.717, 1.165) is 48.6 Å². The first-order chi connectivity index (χ1) is 17.5. The second kappa shape index (κ2) is 10.6. The van der Waals surface area contributed by atoms with Gasteiger partial charge in [0.2, 0.25) is 17.7 Å². The second-order valence-electron chi connectivity index (χ2n) is 9.28. The van der Waals surface area contributed by atoms with Gasteiger partial charge in [0.15, 0.2) is 0 Å². The highest BCUT2D eigenvalue weighted by Gasteiger charge is 2.35. The largest absolute Gasteiger partial charge is 0.368 e. The van der Waals surface area contributed by atoms with Crippen LogP contribution in [0.15, 0.2) is 53.5 Å². The molecule has 1 saturated heterocycles. The summed E-state index contributed by atoms with van der Waals surface area (Å²) in [6.07, 6.45) is 2.18. The van der Waals surface area contributed by atoms with Gasteiger partial charge in [-0.05, 0) is 30.5 Å². The molecule has 3 heterocycles. The van der Waals surface area contributed by atoms with Crippen LogP contribution in [-0.2, 0) is 20.8 Å². The Morgan fingerprint density at radius 2 is 1.86 bits per heavy atom. The van der Waals surface area contributed by atoms with E-state index in [-0.39, 0.29) is 24.1 Å². The maximum Gasteiger partial charge on any atom is 0.248 e. The molecule has 0 radical (unpaired) electrons. The molecule has 2 unspecified atom stereocenters. The molecule has 0 aromatic heterocycles.